The van der Waals surface area contributed by atoms with Crippen LogP contribution in [0.1, 0.15) is 40.2 Å². The molecule has 3 heterocycles. The third-order valence-corrected chi connectivity index (χ3v) is 6.60. The maximum Gasteiger partial charge on any atom is 0.291 e. The van der Waals surface area contributed by atoms with Gasteiger partial charge in [0, 0.05) is 6.54 Å². The molecule has 1 aromatic heterocycles. The fourth-order valence-corrected chi connectivity index (χ4v) is 4.94. The predicted octanol–water partition coefficient (Wildman–Crippen LogP) is 5.23. The molecule has 3 aromatic carbocycles. The highest BCUT2D eigenvalue weighted by atomic mass is 16.7. The average Bonchev–Trinajstić information content (AvgIpc) is 3.51. The van der Waals surface area contributed by atoms with Crippen LogP contribution in [0, 0.1) is 0 Å². The van der Waals surface area contributed by atoms with Gasteiger partial charge in [-0.1, -0.05) is 36.9 Å². The van der Waals surface area contributed by atoms with Gasteiger partial charge in [0.1, 0.15) is 12.2 Å². The van der Waals surface area contributed by atoms with Crippen LogP contribution in [0.15, 0.2) is 82.5 Å². The number of amides is 1. The van der Waals surface area contributed by atoms with Gasteiger partial charge in [-0.3, -0.25) is 9.59 Å². The molecule has 2 aliphatic rings. The second kappa shape index (κ2) is 9.63. The van der Waals surface area contributed by atoms with Gasteiger partial charge in [-0.15, -0.1) is 0 Å². The number of benzene rings is 3. The highest BCUT2D eigenvalue weighted by Crippen LogP contribution is 2.42. The minimum Gasteiger partial charge on any atom is -0.490 e. The summed E-state index contributed by atoms with van der Waals surface area (Å²) in [6, 6.07) is 17.2. The third kappa shape index (κ3) is 3.94. The van der Waals surface area contributed by atoms with Crippen molar-refractivity contribution in [3.05, 3.63) is 106 Å². The van der Waals surface area contributed by atoms with Crippen LogP contribution in [0.2, 0.25) is 0 Å². The van der Waals surface area contributed by atoms with Crippen molar-refractivity contribution in [1.29, 1.82) is 0 Å². The van der Waals surface area contributed by atoms with Gasteiger partial charge in [-0.2, -0.15) is 0 Å². The lowest BCUT2D eigenvalue weighted by Gasteiger charge is -2.26. The zero-order chi connectivity index (χ0) is 26.2. The molecular weight excluding hydrogens is 486 g/mol. The van der Waals surface area contributed by atoms with E-state index in [0.717, 1.165) is 5.56 Å². The zero-order valence-electron chi connectivity index (χ0n) is 20.8. The lowest BCUT2D eigenvalue weighted by atomic mass is 9.97. The van der Waals surface area contributed by atoms with Crippen LogP contribution >= 0.6 is 0 Å². The van der Waals surface area contributed by atoms with Crippen molar-refractivity contribution in [1.82, 2.24) is 4.90 Å². The number of carbonyl (C=O) groups is 1. The van der Waals surface area contributed by atoms with Gasteiger partial charge >= 0.3 is 0 Å². The van der Waals surface area contributed by atoms with E-state index in [1.165, 1.54) is 0 Å². The lowest BCUT2D eigenvalue weighted by Crippen LogP contribution is -2.29. The maximum absolute atomic E-state index is 13.8. The minimum atomic E-state index is -0.698. The van der Waals surface area contributed by atoms with Crippen LogP contribution in [0.4, 0.5) is 0 Å². The Balaban J connectivity index is 1.50. The molecule has 0 radical (unpaired) electrons. The first-order valence-electron chi connectivity index (χ1n) is 12.3. The number of hydrogen-bond donors (Lipinski definition) is 0. The normalized spacial score (nSPS) is 15.6. The molecule has 0 aliphatic carbocycles. The minimum absolute atomic E-state index is 0.0457. The molecule has 0 spiro atoms. The van der Waals surface area contributed by atoms with E-state index in [-0.39, 0.29) is 30.4 Å². The lowest BCUT2D eigenvalue weighted by molar-refractivity contribution is 0.0714. The Morgan fingerprint density at radius 2 is 1.84 bits per heavy atom. The Bertz CT molecular complexity index is 1620. The van der Waals surface area contributed by atoms with Gasteiger partial charge < -0.3 is 28.3 Å². The van der Waals surface area contributed by atoms with Crippen LogP contribution in [-0.2, 0) is 6.54 Å². The van der Waals surface area contributed by atoms with Crippen molar-refractivity contribution in [3.8, 4) is 23.0 Å². The van der Waals surface area contributed by atoms with Crippen molar-refractivity contribution in [2.45, 2.75) is 19.5 Å². The molecule has 0 saturated heterocycles. The van der Waals surface area contributed by atoms with Crippen molar-refractivity contribution in [2.24, 2.45) is 0 Å². The summed E-state index contributed by atoms with van der Waals surface area (Å²) in [6.45, 7) is 6.69. The second-order valence-corrected chi connectivity index (χ2v) is 8.93. The summed E-state index contributed by atoms with van der Waals surface area (Å²) in [5, 5.41) is 0.421. The topological polar surface area (TPSA) is 87.4 Å². The molecule has 38 heavy (non-hydrogen) atoms. The van der Waals surface area contributed by atoms with E-state index < -0.39 is 6.04 Å². The molecule has 0 fully saturated rings. The van der Waals surface area contributed by atoms with Crippen molar-refractivity contribution >= 4 is 16.9 Å². The molecule has 2 aliphatic heterocycles. The number of nitrogens with zero attached hydrogens (tertiary/aromatic N) is 1. The molecule has 0 saturated carbocycles. The monoisotopic (exact) mass is 511 g/mol. The first kappa shape index (κ1) is 23.7. The van der Waals surface area contributed by atoms with Gasteiger partial charge in [0.05, 0.1) is 23.6 Å². The van der Waals surface area contributed by atoms with E-state index in [0.29, 0.717) is 58.3 Å². The van der Waals surface area contributed by atoms with Gasteiger partial charge in [0.15, 0.2) is 28.4 Å². The molecule has 0 bridgehead atoms. The average molecular weight is 512 g/mol. The molecule has 1 amide bonds. The molecule has 1 atom stereocenters. The van der Waals surface area contributed by atoms with Gasteiger partial charge in [-0.25, -0.2) is 0 Å². The maximum atomic E-state index is 13.8. The Morgan fingerprint density at radius 3 is 2.68 bits per heavy atom. The standard InChI is InChI=1S/C30H25NO7/c1-3-13-35-22-12-10-19(15-25(22)34-4-2)27-26-28(32)20-7-5-6-8-21(20)38-29(26)30(33)31(27)16-18-9-11-23-24(14-18)37-17-36-23/h3,5-12,14-15,27H,1,4,13,16-17H2,2H3/t27-/m0/s1. The van der Waals surface area contributed by atoms with Crippen molar-refractivity contribution in [3.63, 3.8) is 0 Å². The molecule has 8 nitrogen and oxygen atoms in total. The van der Waals surface area contributed by atoms with Crippen LogP contribution in [0.5, 0.6) is 23.0 Å². The molecule has 0 unspecified atom stereocenters. The number of rotatable bonds is 8. The second-order valence-electron chi connectivity index (χ2n) is 8.93. The predicted molar refractivity (Wildman–Crippen MR) is 140 cm³/mol. The van der Waals surface area contributed by atoms with E-state index in [4.69, 9.17) is 23.4 Å². The van der Waals surface area contributed by atoms with Crippen LogP contribution < -0.4 is 24.4 Å². The summed E-state index contributed by atoms with van der Waals surface area (Å²) < 4.78 is 28.6. The van der Waals surface area contributed by atoms with E-state index in [2.05, 4.69) is 6.58 Å². The summed E-state index contributed by atoms with van der Waals surface area (Å²) in [6.07, 6.45) is 1.65. The summed E-state index contributed by atoms with van der Waals surface area (Å²) in [5.41, 5.74) is 1.97. The first-order valence-corrected chi connectivity index (χ1v) is 12.3. The largest absolute Gasteiger partial charge is 0.490 e. The van der Waals surface area contributed by atoms with E-state index in [1.54, 1.807) is 41.3 Å². The Labute approximate surface area is 218 Å². The summed E-state index contributed by atoms with van der Waals surface area (Å²) in [5.74, 6) is 2.01. The summed E-state index contributed by atoms with van der Waals surface area (Å²) >= 11 is 0. The number of fused-ring (bicyclic) bond motifs is 3. The Morgan fingerprint density at radius 1 is 1.00 bits per heavy atom. The fourth-order valence-electron chi connectivity index (χ4n) is 4.94. The number of para-hydroxylation sites is 1. The van der Waals surface area contributed by atoms with Crippen LogP contribution in [-0.4, -0.2) is 30.8 Å². The van der Waals surface area contributed by atoms with E-state index in [1.807, 2.05) is 37.3 Å². The van der Waals surface area contributed by atoms with Gasteiger partial charge in [0.25, 0.3) is 5.91 Å². The number of hydrogen-bond acceptors (Lipinski definition) is 7. The van der Waals surface area contributed by atoms with E-state index in [9.17, 15) is 9.59 Å². The van der Waals surface area contributed by atoms with Gasteiger partial charge in [-0.05, 0) is 54.4 Å². The molecular formula is C30H25NO7. The molecule has 0 N–H and O–H groups in total. The Hall–Kier alpha value is -4.72. The summed E-state index contributed by atoms with van der Waals surface area (Å²) in [7, 11) is 0. The molecule has 6 rings (SSSR count). The fraction of sp³-hybridized carbons (Fsp3) is 0.200. The molecule has 192 valence electrons. The zero-order valence-corrected chi connectivity index (χ0v) is 20.8. The van der Waals surface area contributed by atoms with Crippen molar-refractivity contribution in [2.75, 3.05) is 20.0 Å². The van der Waals surface area contributed by atoms with Gasteiger partial charge in [0.2, 0.25) is 12.6 Å². The smallest absolute Gasteiger partial charge is 0.291 e. The number of ether oxygens (including phenoxy) is 4. The highest BCUT2D eigenvalue weighted by Gasteiger charge is 2.43. The molecule has 4 aromatic rings. The van der Waals surface area contributed by atoms with Crippen LogP contribution in [0.25, 0.3) is 11.0 Å². The first-order chi connectivity index (χ1) is 18.6. The van der Waals surface area contributed by atoms with Crippen LogP contribution in [0.3, 0.4) is 0 Å². The highest BCUT2D eigenvalue weighted by molar-refractivity contribution is 5.99. The third-order valence-electron chi connectivity index (χ3n) is 6.60. The Kier molecular flexibility index (Phi) is 5.99. The van der Waals surface area contributed by atoms with E-state index >= 15 is 0 Å². The quantitative estimate of drug-likeness (QED) is 0.299. The summed E-state index contributed by atoms with van der Waals surface area (Å²) in [4.78, 5) is 29.2. The van der Waals surface area contributed by atoms with Crippen molar-refractivity contribution < 1.29 is 28.2 Å². The molecule has 8 heteroatoms. The number of carbonyl (C=O) groups excluding carboxylic acids is 1. The SMILES string of the molecule is C=CCOc1ccc([C@H]2c3c(oc4ccccc4c3=O)C(=O)N2Cc2ccc3c(c2)OCO3)cc1OCC.